The highest BCUT2D eigenvalue weighted by molar-refractivity contribution is 7.09. The van der Waals surface area contributed by atoms with Gasteiger partial charge in [-0.3, -0.25) is 9.69 Å². The summed E-state index contributed by atoms with van der Waals surface area (Å²) in [5.41, 5.74) is -0.301. The molecule has 0 aromatic carbocycles. The van der Waals surface area contributed by atoms with Crippen LogP contribution in [0.1, 0.15) is 26.7 Å². The van der Waals surface area contributed by atoms with Gasteiger partial charge < -0.3 is 14.4 Å². The Balaban J connectivity index is 2.53. The van der Waals surface area contributed by atoms with E-state index in [1.54, 1.807) is 0 Å². The van der Waals surface area contributed by atoms with Gasteiger partial charge in [-0.15, -0.1) is 0 Å². The molecule has 1 rings (SSSR count). The highest BCUT2D eigenvalue weighted by Gasteiger charge is 2.39. The summed E-state index contributed by atoms with van der Waals surface area (Å²) in [5.74, 6) is -1.13. The van der Waals surface area contributed by atoms with E-state index >= 15 is 0 Å². The lowest BCUT2D eigenvalue weighted by Crippen LogP contribution is -2.41. The molecule has 1 fully saturated rings. The summed E-state index contributed by atoms with van der Waals surface area (Å²) in [6.45, 7) is 5.03. The van der Waals surface area contributed by atoms with Gasteiger partial charge in [-0.25, -0.2) is 0 Å². The second-order valence-corrected chi connectivity index (χ2v) is 5.29. The lowest BCUT2D eigenvalue weighted by molar-refractivity contribution is -0.142. The number of likely N-dealkylation sites (N-methyl/N-ethyl adjacent to an activating group) is 1. The predicted molar refractivity (Wildman–Crippen MR) is 67.6 cm³/mol. The van der Waals surface area contributed by atoms with E-state index in [4.69, 9.17) is 14.4 Å². The lowest BCUT2D eigenvalue weighted by atomic mass is 9.96. The molecule has 17 heavy (non-hydrogen) atoms. The molecule has 3 unspecified atom stereocenters. The number of rotatable bonds is 6. The summed E-state index contributed by atoms with van der Waals surface area (Å²) in [7, 11) is 4.12. The fourth-order valence-electron chi connectivity index (χ4n) is 2.06. The molecular formula is C11H22NO4P. The third kappa shape index (κ3) is 3.88. The molecule has 6 heteroatoms. The van der Waals surface area contributed by atoms with Crippen molar-refractivity contribution >= 4 is 15.4 Å². The molecule has 0 aliphatic carbocycles. The van der Waals surface area contributed by atoms with Gasteiger partial charge in [0.1, 0.15) is 5.72 Å². The zero-order chi connectivity index (χ0) is 13.1. The molecule has 1 aliphatic heterocycles. The first-order valence-electron chi connectivity index (χ1n) is 5.80. The summed E-state index contributed by atoms with van der Waals surface area (Å²) in [6.07, 6.45) is 1.13. The van der Waals surface area contributed by atoms with Crippen molar-refractivity contribution in [3.8, 4) is 0 Å². The van der Waals surface area contributed by atoms with Gasteiger partial charge in [0.25, 0.3) is 0 Å². The second-order valence-electron chi connectivity index (χ2n) is 4.95. The number of aliphatic carboxylic acids is 1. The minimum atomic E-state index is -0.759. The first kappa shape index (κ1) is 14.8. The molecular weight excluding hydrogens is 241 g/mol. The average Bonchev–Trinajstić information content (AvgIpc) is 2.50. The van der Waals surface area contributed by atoms with Gasteiger partial charge in [0.2, 0.25) is 0 Å². The predicted octanol–water partition coefficient (Wildman–Crippen LogP) is 1.34. The molecule has 0 amide bonds. The van der Waals surface area contributed by atoms with Crippen LogP contribution in [0.25, 0.3) is 0 Å². The molecule has 1 N–H and O–H groups in total. The van der Waals surface area contributed by atoms with Crippen LogP contribution in [-0.2, 0) is 14.1 Å². The maximum absolute atomic E-state index is 11.1. The van der Waals surface area contributed by atoms with Crippen LogP contribution < -0.4 is 0 Å². The molecule has 1 saturated heterocycles. The van der Waals surface area contributed by atoms with Gasteiger partial charge >= 0.3 is 5.97 Å². The minimum Gasteiger partial charge on any atom is -0.481 e. The lowest BCUT2D eigenvalue weighted by Gasteiger charge is -2.30. The van der Waals surface area contributed by atoms with Crippen molar-refractivity contribution in [3.63, 3.8) is 0 Å². The average molecular weight is 263 g/mol. The summed E-state index contributed by atoms with van der Waals surface area (Å²) < 4.78 is 10.5. The van der Waals surface area contributed by atoms with Gasteiger partial charge in [-0.2, -0.15) is 0 Å². The van der Waals surface area contributed by atoms with Crippen LogP contribution in [-0.4, -0.2) is 48.0 Å². The van der Waals surface area contributed by atoms with Crippen molar-refractivity contribution < 1.29 is 19.2 Å². The van der Waals surface area contributed by atoms with Crippen molar-refractivity contribution in [2.75, 3.05) is 20.3 Å². The van der Waals surface area contributed by atoms with E-state index < -0.39 is 5.97 Å². The molecule has 0 bridgehead atoms. The maximum atomic E-state index is 11.1. The Morgan fingerprint density at radius 1 is 1.71 bits per heavy atom. The van der Waals surface area contributed by atoms with E-state index in [9.17, 15) is 4.79 Å². The summed E-state index contributed by atoms with van der Waals surface area (Å²) in [5, 5.41) is 9.15. The van der Waals surface area contributed by atoms with Crippen LogP contribution in [0, 0.1) is 5.92 Å². The minimum absolute atomic E-state index is 0.163. The van der Waals surface area contributed by atoms with E-state index in [1.807, 2.05) is 20.9 Å². The van der Waals surface area contributed by atoms with Gasteiger partial charge in [0, 0.05) is 15.5 Å². The number of carboxylic acid groups (broad SMARTS) is 1. The summed E-state index contributed by atoms with van der Waals surface area (Å²) in [6, 6.07) is 0.163. The Hall–Kier alpha value is -0.220. The van der Waals surface area contributed by atoms with Crippen molar-refractivity contribution in [2.45, 2.75) is 38.5 Å². The summed E-state index contributed by atoms with van der Waals surface area (Å²) in [4.78, 5) is 13.2. The molecule has 3 atom stereocenters. The topological polar surface area (TPSA) is 59.0 Å². The molecule has 0 radical (unpaired) electrons. The molecule has 0 aromatic heterocycles. The third-order valence-electron chi connectivity index (χ3n) is 3.52. The fourth-order valence-corrected chi connectivity index (χ4v) is 2.20. The van der Waals surface area contributed by atoms with Gasteiger partial charge in [0.15, 0.2) is 0 Å². The molecule has 1 aliphatic rings. The highest BCUT2D eigenvalue weighted by Crippen LogP contribution is 2.29. The monoisotopic (exact) mass is 263 g/mol. The summed E-state index contributed by atoms with van der Waals surface area (Å²) >= 11 is 0. The Kier molecular flexibility index (Phi) is 5.32. The maximum Gasteiger partial charge on any atom is 0.306 e. The first-order valence-corrected chi connectivity index (χ1v) is 6.27. The van der Waals surface area contributed by atoms with E-state index in [0.717, 1.165) is 0 Å². The van der Waals surface area contributed by atoms with Crippen LogP contribution in [0.2, 0.25) is 0 Å². The van der Waals surface area contributed by atoms with Crippen LogP contribution >= 0.6 is 9.47 Å². The number of ether oxygens (including phenoxy) is 1. The van der Waals surface area contributed by atoms with Gasteiger partial charge in [-0.05, 0) is 33.7 Å². The van der Waals surface area contributed by atoms with Gasteiger partial charge in [-0.1, -0.05) is 0 Å². The second kappa shape index (κ2) is 6.10. The molecule has 1 heterocycles. The molecule has 0 aromatic rings. The zero-order valence-electron chi connectivity index (χ0n) is 10.7. The van der Waals surface area contributed by atoms with Crippen LogP contribution in [0.5, 0.6) is 0 Å². The number of hydrogen-bond donors (Lipinski definition) is 1. The van der Waals surface area contributed by atoms with Crippen molar-refractivity contribution in [1.82, 2.24) is 4.90 Å². The standard InChI is InChI=1S/C11H22NO4P/c1-11(2)12(3)9(7-15-11)6-8(10(13)14)4-5-16-17/h8-9H,4-7,17H2,1-3H3,(H,13,14). The van der Waals surface area contributed by atoms with Crippen molar-refractivity contribution in [1.29, 1.82) is 0 Å². The SMILES string of the molecule is CN1C(CC(CCOP)C(=O)O)COC1(C)C. The number of hydrogen-bond acceptors (Lipinski definition) is 4. The number of nitrogens with zero attached hydrogens (tertiary/aromatic N) is 1. The van der Waals surface area contributed by atoms with Crippen molar-refractivity contribution in [2.24, 2.45) is 5.92 Å². The van der Waals surface area contributed by atoms with E-state index in [0.29, 0.717) is 26.1 Å². The quantitative estimate of drug-likeness (QED) is 0.733. The highest BCUT2D eigenvalue weighted by atomic mass is 31.0. The van der Waals surface area contributed by atoms with Crippen LogP contribution in [0.4, 0.5) is 0 Å². The molecule has 0 spiro atoms. The normalized spacial score (nSPS) is 26.0. The molecule has 0 saturated carbocycles. The van der Waals surface area contributed by atoms with E-state index in [-0.39, 0.29) is 17.7 Å². The zero-order valence-corrected chi connectivity index (χ0v) is 11.8. The fraction of sp³-hybridized carbons (Fsp3) is 0.909. The number of carbonyl (C=O) groups is 1. The largest absolute Gasteiger partial charge is 0.481 e. The van der Waals surface area contributed by atoms with Crippen LogP contribution in [0.15, 0.2) is 0 Å². The van der Waals surface area contributed by atoms with Crippen LogP contribution in [0.3, 0.4) is 0 Å². The van der Waals surface area contributed by atoms with Gasteiger partial charge in [0.05, 0.1) is 19.1 Å². The van der Waals surface area contributed by atoms with Crippen molar-refractivity contribution in [3.05, 3.63) is 0 Å². The Morgan fingerprint density at radius 2 is 2.35 bits per heavy atom. The smallest absolute Gasteiger partial charge is 0.306 e. The first-order chi connectivity index (χ1) is 7.88. The molecule has 5 nitrogen and oxygen atoms in total. The van der Waals surface area contributed by atoms with E-state index in [2.05, 4.69) is 14.4 Å². The molecule has 100 valence electrons. The number of carboxylic acids is 1. The Bertz CT molecular complexity index is 272. The Labute approximate surface area is 105 Å². The van der Waals surface area contributed by atoms with E-state index in [1.165, 1.54) is 0 Å². The Morgan fingerprint density at radius 3 is 2.76 bits per heavy atom. The third-order valence-corrected chi connectivity index (χ3v) is 3.75.